The molecule has 1 fully saturated rings. The molecule has 0 saturated carbocycles. The Bertz CT molecular complexity index is 1020. The summed E-state index contributed by atoms with van der Waals surface area (Å²) in [6.45, 7) is 0.217. The van der Waals surface area contributed by atoms with Gasteiger partial charge in [-0.15, -0.1) is 0 Å². The number of benzene rings is 2. The van der Waals surface area contributed by atoms with Gasteiger partial charge in [-0.25, -0.2) is 4.79 Å². The van der Waals surface area contributed by atoms with E-state index in [0.717, 1.165) is 22.3 Å². The van der Waals surface area contributed by atoms with Gasteiger partial charge >= 0.3 is 12.1 Å². The van der Waals surface area contributed by atoms with E-state index in [1.54, 1.807) is 0 Å². The second kappa shape index (κ2) is 10.5. The first kappa shape index (κ1) is 24.1. The van der Waals surface area contributed by atoms with Gasteiger partial charge in [0, 0.05) is 31.2 Å². The van der Waals surface area contributed by atoms with Crippen LogP contribution in [0.5, 0.6) is 0 Å². The second-order valence-corrected chi connectivity index (χ2v) is 9.43. The predicted molar refractivity (Wildman–Crippen MR) is 129 cm³/mol. The van der Waals surface area contributed by atoms with Gasteiger partial charge in [0.2, 0.25) is 0 Å². The number of rotatable bonds is 9. The van der Waals surface area contributed by atoms with Crippen molar-refractivity contribution in [2.45, 2.75) is 17.9 Å². The number of nitrogens with zero attached hydrogens (tertiary/aromatic N) is 1. The lowest BCUT2D eigenvalue weighted by molar-refractivity contribution is -0.147. The molecule has 0 spiro atoms. The molecule has 34 heavy (non-hydrogen) atoms. The Labute approximate surface area is 202 Å². The van der Waals surface area contributed by atoms with Crippen LogP contribution in [0.4, 0.5) is 4.79 Å². The number of amides is 2. The number of aliphatic carboxylic acids is 1. The average Bonchev–Trinajstić information content (AvgIpc) is 3.43. The van der Waals surface area contributed by atoms with Crippen molar-refractivity contribution in [2.75, 3.05) is 44.9 Å². The first-order valence-electron chi connectivity index (χ1n) is 11.2. The number of thioether (sulfide) groups is 1. The van der Waals surface area contributed by atoms with Crippen LogP contribution in [0, 0.1) is 0 Å². The number of nitrogens with one attached hydrogen (secondary N) is 1. The van der Waals surface area contributed by atoms with Gasteiger partial charge in [-0.2, -0.15) is 11.8 Å². The number of carboxylic acids is 1. The molecule has 4 rings (SSSR count). The number of hydrogen-bond donors (Lipinski definition) is 2. The quantitative estimate of drug-likeness (QED) is 0.564. The minimum Gasteiger partial charge on any atom is -0.480 e. The zero-order valence-corrected chi connectivity index (χ0v) is 19.8. The highest BCUT2D eigenvalue weighted by Crippen LogP contribution is 2.44. The van der Waals surface area contributed by atoms with Crippen LogP contribution in [-0.4, -0.2) is 78.4 Å². The Balaban J connectivity index is 1.47. The van der Waals surface area contributed by atoms with E-state index in [1.165, 1.54) is 16.7 Å². The maximum absolute atomic E-state index is 13.3. The molecule has 1 unspecified atom stereocenters. The van der Waals surface area contributed by atoms with Gasteiger partial charge < -0.3 is 24.8 Å². The van der Waals surface area contributed by atoms with Gasteiger partial charge in [-0.05, 0) is 28.5 Å². The maximum atomic E-state index is 13.3. The minimum absolute atomic E-state index is 0.0224. The Hall–Kier alpha value is -3.04. The fourth-order valence-electron chi connectivity index (χ4n) is 4.64. The molecule has 2 aliphatic rings. The predicted octanol–water partition coefficient (Wildman–Crippen LogP) is 2.96. The first-order valence-corrected chi connectivity index (χ1v) is 12.6. The van der Waals surface area contributed by atoms with E-state index in [9.17, 15) is 19.5 Å². The SMILES string of the molecule is CSCCN(CC(=O)O)C(=O)C1(NC(=O)OCC2c3ccccc3-c3ccccc32)CCOC1. The van der Waals surface area contributed by atoms with Crippen LogP contribution in [0.3, 0.4) is 0 Å². The smallest absolute Gasteiger partial charge is 0.408 e. The molecule has 2 N–H and O–H groups in total. The van der Waals surface area contributed by atoms with Crippen molar-refractivity contribution >= 4 is 29.7 Å². The minimum atomic E-state index is -1.34. The Morgan fingerprint density at radius 3 is 2.35 bits per heavy atom. The fourth-order valence-corrected chi connectivity index (χ4v) is 5.04. The Morgan fingerprint density at radius 1 is 1.15 bits per heavy atom. The summed E-state index contributed by atoms with van der Waals surface area (Å²) in [6.07, 6.45) is 1.42. The number of fused-ring (bicyclic) bond motifs is 3. The number of alkyl carbamates (subject to hydrolysis) is 1. The molecule has 2 aromatic carbocycles. The van der Waals surface area contributed by atoms with E-state index >= 15 is 0 Å². The summed E-state index contributed by atoms with van der Waals surface area (Å²) in [5.74, 6) is -1.09. The van der Waals surface area contributed by atoms with E-state index in [2.05, 4.69) is 17.4 Å². The van der Waals surface area contributed by atoms with Crippen molar-refractivity contribution in [3.05, 3.63) is 59.7 Å². The van der Waals surface area contributed by atoms with Crippen molar-refractivity contribution in [3.63, 3.8) is 0 Å². The highest BCUT2D eigenvalue weighted by molar-refractivity contribution is 7.98. The largest absolute Gasteiger partial charge is 0.480 e. The molecule has 180 valence electrons. The summed E-state index contributed by atoms with van der Waals surface area (Å²) in [5.41, 5.74) is 3.10. The third-order valence-corrected chi connectivity index (χ3v) is 6.89. The summed E-state index contributed by atoms with van der Waals surface area (Å²) in [6, 6.07) is 16.1. The lowest BCUT2D eigenvalue weighted by Gasteiger charge is -2.33. The molecule has 1 atom stereocenters. The van der Waals surface area contributed by atoms with Gasteiger partial charge in [0.25, 0.3) is 5.91 Å². The average molecular weight is 485 g/mol. The molecule has 0 radical (unpaired) electrons. The molecule has 0 aromatic heterocycles. The Kier molecular flexibility index (Phi) is 7.43. The highest BCUT2D eigenvalue weighted by atomic mass is 32.2. The van der Waals surface area contributed by atoms with E-state index in [1.807, 2.05) is 42.7 Å². The lowest BCUT2D eigenvalue weighted by Crippen LogP contribution is -2.61. The van der Waals surface area contributed by atoms with E-state index < -0.39 is 30.1 Å². The molecule has 1 saturated heterocycles. The molecular weight excluding hydrogens is 456 g/mol. The standard InChI is InChI=1S/C25H28N2O6S/c1-34-13-11-27(14-22(28)29)23(30)25(10-12-32-16-25)26-24(31)33-15-21-19-8-4-2-6-17(19)18-7-3-5-9-20(18)21/h2-9,21H,10-16H2,1H3,(H,26,31)(H,28,29). The number of ether oxygens (including phenoxy) is 2. The van der Waals surface area contributed by atoms with Crippen LogP contribution in [0.25, 0.3) is 11.1 Å². The lowest BCUT2D eigenvalue weighted by atomic mass is 9.96. The van der Waals surface area contributed by atoms with Gasteiger partial charge in [-0.1, -0.05) is 48.5 Å². The maximum Gasteiger partial charge on any atom is 0.408 e. The fraction of sp³-hybridized carbons (Fsp3) is 0.400. The van der Waals surface area contributed by atoms with Gasteiger partial charge in [0.1, 0.15) is 18.7 Å². The first-order chi connectivity index (χ1) is 16.4. The summed E-state index contributed by atoms with van der Waals surface area (Å²) < 4.78 is 11.1. The summed E-state index contributed by atoms with van der Waals surface area (Å²) in [5, 5.41) is 12.0. The molecule has 1 aliphatic heterocycles. The zero-order chi connectivity index (χ0) is 24.1. The normalized spacial score (nSPS) is 18.7. The molecule has 0 bridgehead atoms. The van der Waals surface area contributed by atoms with Crippen molar-refractivity contribution in [3.8, 4) is 11.1 Å². The highest BCUT2D eigenvalue weighted by Gasteiger charge is 2.47. The van der Waals surface area contributed by atoms with Gasteiger partial charge in [-0.3, -0.25) is 9.59 Å². The van der Waals surface area contributed by atoms with E-state index in [4.69, 9.17) is 9.47 Å². The van der Waals surface area contributed by atoms with Crippen LogP contribution in [0.1, 0.15) is 23.5 Å². The number of carboxylic acid groups (broad SMARTS) is 1. The zero-order valence-electron chi connectivity index (χ0n) is 19.0. The summed E-state index contributed by atoms with van der Waals surface area (Å²) in [7, 11) is 0. The van der Waals surface area contributed by atoms with Crippen LogP contribution in [-0.2, 0) is 19.1 Å². The summed E-state index contributed by atoms with van der Waals surface area (Å²) in [4.78, 5) is 38.8. The third-order valence-electron chi connectivity index (χ3n) is 6.29. The van der Waals surface area contributed by atoms with Crippen LogP contribution < -0.4 is 5.32 Å². The molecule has 8 nitrogen and oxygen atoms in total. The number of hydrogen-bond acceptors (Lipinski definition) is 6. The molecule has 1 heterocycles. The number of carbonyl (C=O) groups is 3. The van der Waals surface area contributed by atoms with Crippen molar-refractivity contribution in [2.24, 2.45) is 0 Å². The van der Waals surface area contributed by atoms with Crippen LogP contribution in [0.15, 0.2) is 48.5 Å². The molecular formula is C25H28N2O6S. The second-order valence-electron chi connectivity index (χ2n) is 8.45. The summed E-state index contributed by atoms with van der Waals surface area (Å²) >= 11 is 1.51. The van der Waals surface area contributed by atoms with Crippen molar-refractivity contribution in [1.29, 1.82) is 0 Å². The number of carbonyl (C=O) groups excluding carboxylic acids is 2. The van der Waals surface area contributed by atoms with Crippen molar-refractivity contribution < 1.29 is 29.0 Å². The molecule has 2 aromatic rings. The molecule has 1 aliphatic carbocycles. The topological polar surface area (TPSA) is 105 Å². The van der Waals surface area contributed by atoms with Crippen LogP contribution >= 0.6 is 11.8 Å². The molecule has 2 amide bonds. The van der Waals surface area contributed by atoms with Gasteiger partial charge in [0.15, 0.2) is 0 Å². The van der Waals surface area contributed by atoms with Crippen LogP contribution in [0.2, 0.25) is 0 Å². The molecule has 9 heteroatoms. The monoisotopic (exact) mass is 484 g/mol. The van der Waals surface area contributed by atoms with E-state index in [0.29, 0.717) is 12.4 Å². The van der Waals surface area contributed by atoms with E-state index in [-0.39, 0.29) is 32.1 Å². The van der Waals surface area contributed by atoms with Crippen molar-refractivity contribution in [1.82, 2.24) is 10.2 Å². The Morgan fingerprint density at radius 2 is 1.79 bits per heavy atom. The van der Waals surface area contributed by atoms with Gasteiger partial charge in [0.05, 0.1) is 6.61 Å². The third kappa shape index (κ3) is 4.90.